The van der Waals surface area contributed by atoms with Crippen LogP contribution in [0.3, 0.4) is 0 Å². The van der Waals surface area contributed by atoms with Crippen molar-refractivity contribution >= 4 is 0 Å². The largest absolute Gasteiger partial charge is 0.497 e. The van der Waals surface area contributed by atoms with Crippen LogP contribution in [0.1, 0.15) is 17.5 Å². The van der Waals surface area contributed by atoms with Crippen LogP contribution in [-0.2, 0) is 0 Å². The van der Waals surface area contributed by atoms with Crippen LogP contribution in [0.15, 0.2) is 59.1 Å². The van der Waals surface area contributed by atoms with Crippen molar-refractivity contribution in [2.24, 2.45) is 0 Å². The van der Waals surface area contributed by atoms with E-state index in [1.807, 2.05) is 56.6 Å². The Morgan fingerprint density at radius 3 is 2.30 bits per heavy atom. The molecule has 0 saturated heterocycles. The SMILES string of the molecule is COc1ccc(-c2noc(C(c3ccccc3)N(C)C)n2)cc1. The predicted octanol–water partition coefficient (Wildman–Crippen LogP) is 3.40. The molecular weight excluding hydrogens is 290 g/mol. The summed E-state index contributed by atoms with van der Waals surface area (Å²) in [7, 11) is 5.63. The lowest BCUT2D eigenvalue weighted by Gasteiger charge is -2.20. The number of hydrogen-bond acceptors (Lipinski definition) is 5. The minimum absolute atomic E-state index is 0.0734. The first kappa shape index (κ1) is 15.2. The molecule has 3 aromatic rings. The van der Waals surface area contributed by atoms with Crippen LogP contribution in [0.4, 0.5) is 0 Å². The highest BCUT2D eigenvalue weighted by Crippen LogP contribution is 2.27. The Morgan fingerprint density at radius 1 is 1.00 bits per heavy atom. The van der Waals surface area contributed by atoms with Gasteiger partial charge in [-0.25, -0.2) is 0 Å². The summed E-state index contributed by atoms with van der Waals surface area (Å²) >= 11 is 0. The van der Waals surface area contributed by atoms with E-state index in [4.69, 9.17) is 9.26 Å². The van der Waals surface area contributed by atoms with Gasteiger partial charge in [0.25, 0.3) is 0 Å². The lowest BCUT2D eigenvalue weighted by molar-refractivity contribution is 0.261. The molecule has 0 radical (unpaired) electrons. The van der Waals surface area contributed by atoms with E-state index >= 15 is 0 Å². The third-order valence-corrected chi connectivity index (χ3v) is 3.66. The highest BCUT2D eigenvalue weighted by Gasteiger charge is 2.23. The first-order chi connectivity index (χ1) is 11.2. The molecule has 3 rings (SSSR count). The Kier molecular flexibility index (Phi) is 4.39. The summed E-state index contributed by atoms with van der Waals surface area (Å²) in [6, 6.07) is 17.6. The van der Waals surface area contributed by atoms with E-state index in [0.29, 0.717) is 11.7 Å². The van der Waals surface area contributed by atoms with Gasteiger partial charge in [-0.2, -0.15) is 4.98 Å². The molecule has 0 amide bonds. The standard InChI is InChI=1S/C18H19N3O2/c1-21(2)16(13-7-5-4-6-8-13)18-19-17(20-23-18)14-9-11-15(22-3)12-10-14/h4-12,16H,1-3H3. The van der Waals surface area contributed by atoms with Crippen LogP contribution >= 0.6 is 0 Å². The molecule has 1 unspecified atom stereocenters. The van der Waals surface area contributed by atoms with Gasteiger partial charge in [0.2, 0.25) is 11.7 Å². The molecular formula is C18H19N3O2. The van der Waals surface area contributed by atoms with Crippen LogP contribution in [0.25, 0.3) is 11.4 Å². The van der Waals surface area contributed by atoms with E-state index in [9.17, 15) is 0 Å². The molecule has 1 atom stereocenters. The van der Waals surface area contributed by atoms with E-state index < -0.39 is 0 Å². The zero-order valence-corrected chi connectivity index (χ0v) is 13.4. The third kappa shape index (κ3) is 3.24. The van der Waals surface area contributed by atoms with Gasteiger partial charge in [-0.1, -0.05) is 35.5 Å². The molecule has 0 fully saturated rings. The molecule has 0 aliphatic rings. The second kappa shape index (κ2) is 6.62. The molecule has 5 heteroatoms. The molecule has 0 aliphatic heterocycles. The number of benzene rings is 2. The van der Waals surface area contributed by atoms with Crippen molar-refractivity contribution in [3.63, 3.8) is 0 Å². The van der Waals surface area contributed by atoms with Gasteiger partial charge in [0.15, 0.2) is 0 Å². The number of methoxy groups -OCH3 is 1. The van der Waals surface area contributed by atoms with E-state index in [0.717, 1.165) is 16.9 Å². The van der Waals surface area contributed by atoms with Crippen LogP contribution in [0.5, 0.6) is 5.75 Å². The van der Waals surface area contributed by atoms with E-state index in [-0.39, 0.29) is 6.04 Å². The van der Waals surface area contributed by atoms with Crippen LogP contribution < -0.4 is 4.74 Å². The summed E-state index contributed by atoms with van der Waals surface area (Å²) < 4.78 is 10.7. The smallest absolute Gasteiger partial charge is 0.248 e. The second-order valence-corrected chi connectivity index (χ2v) is 5.46. The number of ether oxygens (including phenoxy) is 1. The molecule has 5 nitrogen and oxygen atoms in total. The minimum Gasteiger partial charge on any atom is -0.497 e. The number of hydrogen-bond donors (Lipinski definition) is 0. The van der Waals surface area contributed by atoms with Gasteiger partial charge in [-0.05, 0) is 43.9 Å². The lowest BCUT2D eigenvalue weighted by Crippen LogP contribution is -2.21. The monoisotopic (exact) mass is 309 g/mol. The molecule has 0 N–H and O–H groups in total. The molecule has 0 saturated carbocycles. The molecule has 1 aromatic heterocycles. The van der Waals surface area contributed by atoms with Gasteiger partial charge < -0.3 is 9.26 Å². The quantitative estimate of drug-likeness (QED) is 0.723. The molecule has 0 bridgehead atoms. The van der Waals surface area contributed by atoms with Crippen molar-refractivity contribution in [3.8, 4) is 17.1 Å². The summed E-state index contributed by atoms with van der Waals surface area (Å²) in [4.78, 5) is 6.63. The van der Waals surface area contributed by atoms with E-state index in [1.165, 1.54) is 0 Å². The second-order valence-electron chi connectivity index (χ2n) is 5.46. The Labute approximate surface area is 135 Å². The maximum atomic E-state index is 5.52. The summed E-state index contributed by atoms with van der Waals surface area (Å²) in [6.07, 6.45) is 0. The Balaban J connectivity index is 1.92. The summed E-state index contributed by atoms with van der Waals surface area (Å²) in [5.41, 5.74) is 2.01. The van der Waals surface area contributed by atoms with Gasteiger partial charge >= 0.3 is 0 Å². The summed E-state index contributed by atoms with van der Waals surface area (Å²) in [5.74, 6) is 1.95. The van der Waals surface area contributed by atoms with E-state index in [1.54, 1.807) is 7.11 Å². The van der Waals surface area contributed by atoms with Crippen molar-refractivity contribution in [2.75, 3.05) is 21.2 Å². The average Bonchev–Trinajstić information content (AvgIpc) is 3.05. The Hall–Kier alpha value is -2.66. The normalized spacial score (nSPS) is 12.3. The van der Waals surface area contributed by atoms with Gasteiger partial charge in [0.05, 0.1) is 7.11 Å². The fourth-order valence-corrected chi connectivity index (χ4v) is 2.50. The predicted molar refractivity (Wildman–Crippen MR) is 88.3 cm³/mol. The van der Waals surface area contributed by atoms with Crippen molar-refractivity contribution in [3.05, 3.63) is 66.1 Å². The van der Waals surface area contributed by atoms with Crippen molar-refractivity contribution in [1.82, 2.24) is 15.0 Å². The van der Waals surface area contributed by atoms with Gasteiger partial charge in [0, 0.05) is 5.56 Å². The zero-order valence-electron chi connectivity index (χ0n) is 13.4. The fourth-order valence-electron chi connectivity index (χ4n) is 2.50. The van der Waals surface area contributed by atoms with Crippen molar-refractivity contribution < 1.29 is 9.26 Å². The fraction of sp³-hybridized carbons (Fsp3) is 0.222. The molecule has 118 valence electrons. The Bertz CT molecular complexity index is 751. The first-order valence-electron chi connectivity index (χ1n) is 7.38. The third-order valence-electron chi connectivity index (χ3n) is 3.66. The lowest BCUT2D eigenvalue weighted by atomic mass is 10.1. The molecule has 2 aromatic carbocycles. The van der Waals surface area contributed by atoms with Gasteiger partial charge in [-0.15, -0.1) is 0 Å². The zero-order chi connectivity index (χ0) is 16.2. The van der Waals surface area contributed by atoms with Crippen LogP contribution in [0.2, 0.25) is 0 Å². The maximum absolute atomic E-state index is 5.52. The molecule has 23 heavy (non-hydrogen) atoms. The summed E-state index contributed by atoms with van der Waals surface area (Å²) in [6.45, 7) is 0. The topological polar surface area (TPSA) is 51.4 Å². The van der Waals surface area contributed by atoms with Crippen molar-refractivity contribution in [2.45, 2.75) is 6.04 Å². The van der Waals surface area contributed by atoms with Crippen molar-refractivity contribution in [1.29, 1.82) is 0 Å². The average molecular weight is 309 g/mol. The maximum Gasteiger partial charge on any atom is 0.248 e. The highest BCUT2D eigenvalue weighted by atomic mass is 16.5. The van der Waals surface area contributed by atoms with E-state index in [2.05, 4.69) is 27.2 Å². The van der Waals surface area contributed by atoms with Gasteiger partial charge in [-0.3, -0.25) is 4.90 Å². The highest BCUT2D eigenvalue weighted by molar-refractivity contribution is 5.55. The van der Waals surface area contributed by atoms with Crippen LogP contribution in [-0.4, -0.2) is 36.2 Å². The molecule has 0 spiro atoms. The minimum atomic E-state index is -0.0734. The summed E-state index contributed by atoms with van der Waals surface area (Å²) in [5, 5.41) is 4.12. The van der Waals surface area contributed by atoms with Crippen LogP contribution in [0, 0.1) is 0 Å². The first-order valence-corrected chi connectivity index (χ1v) is 7.38. The Morgan fingerprint density at radius 2 is 1.70 bits per heavy atom. The number of rotatable bonds is 5. The number of aromatic nitrogens is 2. The molecule has 1 heterocycles. The molecule has 0 aliphatic carbocycles. The van der Waals surface area contributed by atoms with Gasteiger partial charge in [0.1, 0.15) is 11.8 Å². The number of nitrogens with zero attached hydrogens (tertiary/aromatic N) is 3.